The Balaban J connectivity index is 1.83. The van der Waals surface area contributed by atoms with Crippen LogP contribution in [0.4, 0.5) is 0 Å². The Morgan fingerprint density at radius 3 is 2.95 bits per heavy atom. The molecule has 19 heavy (non-hydrogen) atoms. The predicted molar refractivity (Wildman–Crippen MR) is 67.8 cm³/mol. The van der Waals surface area contributed by atoms with E-state index < -0.39 is 5.54 Å². The lowest BCUT2D eigenvalue weighted by molar-refractivity contribution is -0.119. The van der Waals surface area contributed by atoms with Gasteiger partial charge in [-0.15, -0.1) is 10.2 Å². The Hall–Kier alpha value is -1.59. The van der Waals surface area contributed by atoms with E-state index in [0.29, 0.717) is 11.1 Å². The molecule has 1 aromatic rings. The minimum Gasteiger partial charge on any atom is -0.415 e. The fourth-order valence-electron chi connectivity index (χ4n) is 1.71. The molecule has 0 aromatic carbocycles. The number of nitriles is 1. The highest BCUT2D eigenvalue weighted by Crippen LogP contribution is 2.39. The van der Waals surface area contributed by atoms with E-state index in [1.807, 2.05) is 0 Å². The maximum absolute atomic E-state index is 11.8. The summed E-state index contributed by atoms with van der Waals surface area (Å²) < 4.78 is 5.17. The molecule has 1 heterocycles. The van der Waals surface area contributed by atoms with Crippen molar-refractivity contribution in [3.63, 3.8) is 0 Å². The van der Waals surface area contributed by atoms with Crippen LogP contribution in [0, 0.1) is 17.2 Å². The normalized spacial score (nSPS) is 17.5. The van der Waals surface area contributed by atoms with E-state index in [2.05, 4.69) is 21.6 Å². The van der Waals surface area contributed by atoms with E-state index in [1.165, 1.54) is 0 Å². The van der Waals surface area contributed by atoms with Gasteiger partial charge in [0.05, 0.1) is 18.4 Å². The number of nitrogens with two attached hydrogens (primary N) is 1. The number of nitrogens with zero attached hydrogens (tertiary/aromatic N) is 3. The van der Waals surface area contributed by atoms with Gasteiger partial charge < -0.3 is 15.5 Å². The number of carbonyl (C=O) groups is 1. The molecule has 1 aliphatic rings. The number of rotatable bonds is 6. The minimum atomic E-state index is -0.769. The van der Waals surface area contributed by atoms with Crippen LogP contribution >= 0.6 is 11.8 Å². The van der Waals surface area contributed by atoms with Gasteiger partial charge in [0.25, 0.3) is 5.22 Å². The first-order valence-electron chi connectivity index (χ1n) is 5.95. The third kappa shape index (κ3) is 3.45. The van der Waals surface area contributed by atoms with Gasteiger partial charge in [0.15, 0.2) is 0 Å². The van der Waals surface area contributed by atoms with Gasteiger partial charge >= 0.3 is 0 Å². The highest BCUT2D eigenvalue weighted by atomic mass is 32.2. The van der Waals surface area contributed by atoms with Crippen molar-refractivity contribution < 1.29 is 9.21 Å². The van der Waals surface area contributed by atoms with Crippen molar-refractivity contribution in [2.45, 2.75) is 37.1 Å². The molecular weight excluding hydrogens is 266 g/mol. The molecule has 0 spiro atoms. The smallest absolute Gasteiger partial charge is 0.277 e. The molecule has 0 aliphatic heterocycles. The molecule has 2 rings (SSSR count). The zero-order chi connectivity index (χ0) is 13.9. The molecule has 8 heteroatoms. The standard InChI is InChI=1S/C11H15N5O2S/c1-11(6-13,7-2-3-7)14-8(17)5-19-10-16-15-9(4-12)18-10/h7H,2-5,12H2,1H3,(H,14,17). The van der Waals surface area contributed by atoms with E-state index in [-0.39, 0.29) is 24.1 Å². The van der Waals surface area contributed by atoms with Gasteiger partial charge in [-0.2, -0.15) is 5.26 Å². The number of hydrogen-bond donors (Lipinski definition) is 2. The second-order valence-corrected chi connectivity index (χ2v) is 5.52. The van der Waals surface area contributed by atoms with Crippen LogP contribution in [0.3, 0.4) is 0 Å². The van der Waals surface area contributed by atoms with Gasteiger partial charge in [-0.25, -0.2) is 0 Å². The van der Waals surface area contributed by atoms with E-state index in [9.17, 15) is 4.79 Å². The topological polar surface area (TPSA) is 118 Å². The molecule has 1 atom stereocenters. The van der Waals surface area contributed by atoms with Gasteiger partial charge in [0.2, 0.25) is 11.8 Å². The average Bonchev–Trinajstić information content (AvgIpc) is 3.16. The zero-order valence-corrected chi connectivity index (χ0v) is 11.4. The lowest BCUT2D eigenvalue weighted by atomic mass is 9.98. The van der Waals surface area contributed by atoms with Gasteiger partial charge in [-0.1, -0.05) is 11.8 Å². The van der Waals surface area contributed by atoms with Crippen molar-refractivity contribution in [3.8, 4) is 6.07 Å². The summed E-state index contributed by atoms with van der Waals surface area (Å²) in [6, 6.07) is 2.17. The van der Waals surface area contributed by atoms with Crippen molar-refractivity contribution in [1.29, 1.82) is 5.26 Å². The molecule has 3 N–H and O–H groups in total. The van der Waals surface area contributed by atoms with Crippen molar-refractivity contribution in [2.24, 2.45) is 11.7 Å². The number of carbonyl (C=O) groups excluding carboxylic acids is 1. The molecule has 1 fully saturated rings. The summed E-state index contributed by atoms with van der Waals surface area (Å²) in [7, 11) is 0. The van der Waals surface area contributed by atoms with Crippen molar-refractivity contribution in [2.75, 3.05) is 5.75 Å². The van der Waals surface area contributed by atoms with Gasteiger partial charge in [0.1, 0.15) is 5.54 Å². The summed E-state index contributed by atoms with van der Waals surface area (Å²) in [5, 5.41) is 19.6. The van der Waals surface area contributed by atoms with E-state index in [0.717, 1.165) is 24.6 Å². The van der Waals surface area contributed by atoms with Crippen LogP contribution in [0.1, 0.15) is 25.7 Å². The second kappa shape index (κ2) is 5.59. The summed E-state index contributed by atoms with van der Waals surface area (Å²) in [5.74, 6) is 0.519. The van der Waals surface area contributed by atoms with Gasteiger partial charge in [-0.05, 0) is 25.7 Å². The number of aromatic nitrogens is 2. The average molecular weight is 281 g/mol. The van der Waals surface area contributed by atoms with Crippen LogP contribution < -0.4 is 11.1 Å². The first-order valence-corrected chi connectivity index (χ1v) is 6.93. The Kier molecular flexibility index (Phi) is 4.07. The fourth-order valence-corrected chi connectivity index (χ4v) is 2.29. The SMILES string of the molecule is CC(C#N)(NC(=O)CSc1nnc(CN)o1)C1CC1. The van der Waals surface area contributed by atoms with Crippen LogP contribution in [0.5, 0.6) is 0 Å². The van der Waals surface area contributed by atoms with Crippen LogP contribution in [-0.2, 0) is 11.3 Å². The second-order valence-electron chi connectivity index (χ2n) is 4.59. The van der Waals surface area contributed by atoms with Crippen LogP contribution in [-0.4, -0.2) is 27.4 Å². The molecule has 1 amide bonds. The Morgan fingerprint density at radius 1 is 1.68 bits per heavy atom. The first-order chi connectivity index (χ1) is 9.07. The summed E-state index contributed by atoms with van der Waals surface area (Å²) in [5.41, 5.74) is 4.57. The molecule has 102 valence electrons. The summed E-state index contributed by atoms with van der Waals surface area (Å²) in [4.78, 5) is 11.8. The number of hydrogen-bond acceptors (Lipinski definition) is 7. The van der Waals surface area contributed by atoms with E-state index in [4.69, 9.17) is 15.4 Å². The van der Waals surface area contributed by atoms with Crippen LogP contribution in [0.2, 0.25) is 0 Å². The Morgan fingerprint density at radius 2 is 2.42 bits per heavy atom. The lowest BCUT2D eigenvalue weighted by Gasteiger charge is -2.22. The molecule has 0 saturated heterocycles. The van der Waals surface area contributed by atoms with E-state index in [1.54, 1.807) is 6.92 Å². The molecule has 1 aliphatic carbocycles. The van der Waals surface area contributed by atoms with Crippen LogP contribution in [0.25, 0.3) is 0 Å². The summed E-state index contributed by atoms with van der Waals surface area (Å²) in [6.45, 7) is 1.93. The van der Waals surface area contributed by atoms with Crippen molar-refractivity contribution in [3.05, 3.63) is 5.89 Å². The summed E-state index contributed by atoms with van der Waals surface area (Å²) >= 11 is 1.13. The molecule has 1 saturated carbocycles. The number of nitrogens with one attached hydrogen (secondary N) is 1. The molecule has 1 aromatic heterocycles. The Bertz CT molecular complexity index is 507. The summed E-state index contributed by atoms with van der Waals surface area (Å²) in [6.07, 6.45) is 1.97. The molecule has 0 bridgehead atoms. The van der Waals surface area contributed by atoms with E-state index >= 15 is 0 Å². The van der Waals surface area contributed by atoms with Gasteiger partial charge in [-0.3, -0.25) is 4.79 Å². The quantitative estimate of drug-likeness (QED) is 0.726. The molecule has 0 radical (unpaired) electrons. The minimum absolute atomic E-state index is 0.135. The fraction of sp³-hybridized carbons (Fsp3) is 0.636. The lowest BCUT2D eigenvalue weighted by Crippen LogP contribution is -2.47. The molecule has 1 unspecified atom stereocenters. The highest BCUT2D eigenvalue weighted by molar-refractivity contribution is 7.99. The number of amides is 1. The van der Waals surface area contributed by atoms with Crippen LogP contribution in [0.15, 0.2) is 9.64 Å². The predicted octanol–water partition coefficient (Wildman–Crippen LogP) is 0.429. The first kappa shape index (κ1) is 13.8. The van der Waals surface area contributed by atoms with Crippen molar-refractivity contribution >= 4 is 17.7 Å². The number of thioether (sulfide) groups is 1. The van der Waals surface area contributed by atoms with Gasteiger partial charge in [0, 0.05) is 0 Å². The molecule has 7 nitrogen and oxygen atoms in total. The third-order valence-electron chi connectivity index (χ3n) is 2.97. The maximum atomic E-state index is 11.8. The Labute approximate surface area is 114 Å². The highest BCUT2D eigenvalue weighted by Gasteiger charge is 2.42. The van der Waals surface area contributed by atoms with Crippen molar-refractivity contribution in [1.82, 2.24) is 15.5 Å². The maximum Gasteiger partial charge on any atom is 0.277 e. The third-order valence-corrected chi connectivity index (χ3v) is 3.79. The molecular formula is C11H15N5O2S. The zero-order valence-electron chi connectivity index (χ0n) is 10.5. The largest absolute Gasteiger partial charge is 0.415 e. The monoisotopic (exact) mass is 281 g/mol.